The van der Waals surface area contributed by atoms with Gasteiger partial charge in [0.05, 0.1) is 60.7 Å². The maximum Gasteiger partial charge on any atom is 0.335 e. The normalized spacial score (nSPS) is 12.1. The van der Waals surface area contributed by atoms with Gasteiger partial charge in [0.2, 0.25) is 5.13 Å². The van der Waals surface area contributed by atoms with E-state index in [1.54, 1.807) is 82.8 Å². The molecule has 4 aromatic heterocycles. The molecule has 0 aliphatic carbocycles. The number of benzene rings is 5. The molecule has 23 nitrogen and oxygen atoms in total. The molecular formula is C54H49N11O12S5. The fourth-order valence-electron chi connectivity index (χ4n) is 9.46. The average molecular weight is 1200 g/mol. The third-order valence-corrected chi connectivity index (χ3v) is 17.7. The van der Waals surface area contributed by atoms with E-state index in [1.165, 1.54) is 46.4 Å². The summed E-state index contributed by atoms with van der Waals surface area (Å²) < 4.78 is 81.1. The first-order chi connectivity index (χ1) is 38.5. The van der Waals surface area contributed by atoms with Crippen LogP contribution in [0.5, 0.6) is 0 Å². The van der Waals surface area contributed by atoms with Gasteiger partial charge in [0.1, 0.15) is 32.9 Å². The molecular weight excluding hydrogens is 1150 g/mol. The molecule has 0 atom stereocenters. The second-order valence-electron chi connectivity index (χ2n) is 19.9. The third kappa shape index (κ3) is 11.6. The Morgan fingerprint density at radius 1 is 0.744 bits per heavy atom. The Bertz CT molecular complexity index is 4380. The second kappa shape index (κ2) is 22.3. The van der Waals surface area contributed by atoms with Crippen molar-refractivity contribution in [2.75, 3.05) is 15.7 Å². The van der Waals surface area contributed by atoms with Gasteiger partial charge in [0, 0.05) is 16.0 Å². The van der Waals surface area contributed by atoms with Crippen molar-refractivity contribution in [1.82, 2.24) is 24.7 Å². The number of rotatable bonds is 17. The van der Waals surface area contributed by atoms with Gasteiger partial charge < -0.3 is 15.5 Å². The standard InChI is InChI=1S/C54H49N11O12S5/c1-25-17-28(4)45(81(70,71)72)30(6)42(25)59-48-43(26(2)19-41(58-48)64(52-56-37-13-11-12-14-39(37)78-52)44-27(3)18-29(5)46(31(44)7)82(73,74)75)60-61-49-36(24-55)47(54(8,9)10)62-65(49)53-57-38-16-15-35(23-40(38)79-53)80-77-76-63-34-21-32(50(66)67)20-33(22-34)51(68)69/h11-23,63H,1-10H3,(H,58,59)(H,66,67)(H,68,69)(H,70,71,72)(H,73,74,75)/b61-60+. The predicted molar refractivity (Wildman–Crippen MR) is 311 cm³/mol. The zero-order chi connectivity index (χ0) is 59.5. The summed E-state index contributed by atoms with van der Waals surface area (Å²) >= 11 is 3.28. The van der Waals surface area contributed by atoms with Crippen LogP contribution in [0.25, 0.3) is 25.6 Å². The van der Waals surface area contributed by atoms with Gasteiger partial charge in [-0.15, -0.1) is 19.6 Å². The highest BCUT2D eigenvalue weighted by Gasteiger charge is 2.32. The van der Waals surface area contributed by atoms with Crippen molar-refractivity contribution in [1.29, 1.82) is 5.26 Å². The van der Waals surface area contributed by atoms with E-state index < -0.39 is 37.6 Å². The number of hydrogen-bond donors (Lipinski definition) is 6. The molecule has 9 rings (SSSR count). The number of thiazole rings is 2. The van der Waals surface area contributed by atoms with Gasteiger partial charge in [0.15, 0.2) is 16.8 Å². The highest BCUT2D eigenvalue weighted by molar-refractivity contribution is 7.94. The molecule has 422 valence electrons. The number of carboxylic acids is 2. The molecule has 0 spiro atoms. The summed E-state index contributed by atoms with van der Waals surface area (Å²) in [5.41, 5.74) is 5.97. The van der Waals surface area contributed by atoms with Crippen molar-refractivity contribution >= 4 is 133 Å². The number of azo groups is 1. The Hall–Kier alpha value is -8.24. The summed E-state index contributed by atoms with van der Waals surface area (Å²) in [5.74, 6) is -2.50. The number of para-hydroxylation sites is 1. The minimum Gasteiger partial charge on any atom is -0.478 e. The lowest BCUT2D eigenvalue weighted by atomic mass is 9.90. The van der Waals surface area contributed by atoms with E-state index >= 15 is 0 Å². The van der Waals surface area contributed by atoms with Gasteiger partial charge in [-0.2, -0.15) is 31.9 Å². The van der Waals surface area contributed by atoms with Crippen LogP contribution in [0, 0.1) is 59.8 Å². The van der Waals surface area contributed by atoms with Crippen molar-refractivity contribution < 1.29 is 55.1 Å². The van der Waals surface area contributed by atoms with E-state index in [-0.39, 0.29) is 82.8 Å². The van der Waals surface area contributed by atoms with Crippen molar-refractivity contribution in [3.8, 4) is 11.2 Å². The minimum atomic E-state index is -4.76. The number of aromatic nitrogens is 5. The van der Waals surface area contributed by atoms with E-state index in [2.05, 4.69) is 16.9 Å². The van der Waals surface area contributed by atoms with Gasteiger partial charge in [-0.25, -0.2) is 30.0 Å². The molecule has 28 heteroatoms. The molecule has 5 aromatic carbocycles. The molecule has 0 amide bonds. The Morgan fingerprint density at radius 3 is 2.00 bits per heavy atom. The predicted octanol–water partition coefficient (Wildman–Crippen LogP) is 13.3. The van der Waals surface area contributed by atoms with E-state index in [1.807, 2.05) is 45.0 Å². The van der Waals surface area contributed by atoms with Crippen molar-refractivity contribution in [2.24, 2.45) is 10.2 Å². The van der Waals surface area contributed by atoms with Crippen molar-refractivity contribution in [2.45, 2.75) is 89.3 Å². The maximum atomic E-state index is 13.1. The number of nitrogens with zero attached hydrogens (tertiary/aromatic N) is 9. The fourth-order valence-corrected chi connectivity index (χ4v) is 13.8. The van der Waals surface area contributed by atoms with Gasteiger partial charge in [0.25, 0.3) is 20.2 Å². The van der Waals surface area contributed by atoms with Crippen LogP contribution in [0.3, 0.4) is 0 Å². The summed E-state index contributed by atoms with van der Waals surface area (Å²) in [5, 5.41) is 48.1. The number of hydrogen-bond acceptors (Lipinski definition) is 21. The number of pyridine rings is 1. The van der Waals surface area contributed by atoms with Gasteiger partial charge in [-0.3, -0.25) is 14.0 Å². The smallest absolute Gasteiger partial charge is 0.335 e. The van der Waals surface area contributed by atoms with Crippen LogP contribution in [0.15, 0.2) is 104 Å². The first-order valence-corrected chi connectivity index (χ1v) is 29.6. The van der Waals surface area contributed by atoms with E-state index in [4.69, 9.17) is 39.6 Å². The number of carbonyl (C=O) groups is 2. The topological polar surface area (TPSA) is 334 Å². The van der Waals surface area contributed by atoms with Gasteiger partial charge in [-0.1, -0.05) is 67.7 Å². The number of carboxylic acid groups (broad SMARTS) is 2. The van der Waals surface area contributed by atoms with E-state index in [9.17, 15) is 51.0 Å². The third-order valence-electron chi connectivity index (χ3n) is 12.8. The first kappa shape index (κ1) is 58.4. The number of aromatic carboxylic acids is 2. The average Bonchev–Trinajstić information content (AvgIpc) is 4.20. The Balaban J connectivity index is 1.18. The number of aryl methyl sites for hydroxylation is 5. The van der Waals surface area contributed by atoms with Crippen molar-refractivity contribution in [3.63, 3.8) is 0 Å². The van der Waals surface area contributed by atoms with Crippen LogP contribution in [0.1, 0.15) is 91.7 Å². The monoisotopic (exact) mass is 1200 g/mol. The maximum absolute atomic E-state index is 13.1. The first-order valence-electron chi connectivity index (χ1n) is 24.4. The Morgan fingerprint density at radius 2 is 1.38 bits per heavy atom. The molecule has 4 heterocycles. The zero-order valence-corrected chi connectivity index (χ0v) is 49.2. The second-order valence-corrected chi connectivity index (χ2v) is 25.4. The highest BCUT2D eigenvalue weighted by atomic mass is 32.2. The molecule has 0 radical (unpaired) electrons. The summed E-state index contributed by atoms with van der Waals surface area (Å²) in [6, 6.07) is 23.1. The van der Waals surface area contributed by atoms with Crippen LogP contribution < -0.4 is 15.7 Å². The van der Waals surface area contributed by atoms with Gasteiger partial charge >= 0.3 is 11.9 Å². The highest BCUT2D eigenvalue weighted by Crippen LogP contribution is 2.47. The molecule has 0 unspecified atom stereocenters. The number of anilines is 6. The summed E-state index contributed by atoms with van der Waals surface area (Å²) in [4.78, 5) is 44.8. The molecule has 82 heavy (non-hydrogen) atoms. The fraction of sp³-hybridized carbons (Fsp3) is 0.204. The molecule has 9 aromatic rings. The molecule has 6 N–H and O–H groups in total. The minimum absolute atomic E-state index is 0.00412. The number of nitrogens with one attached hydrogen (secondary N) is 2. The van der Waals surface area contributed by atoms with E-state index in [0.717, 1.165) is 22.8 Å². The Kier molecular flexibility index (Phi) is 15.9. The summed E-state index contributed by atoms with van der Waals surface area (Å²) in [6.45, 7) is 17.1. The zero-order valence-electron chi connectivity index (χ0n) is 45.1. The van der Waals surface area contributed by atoms with Crippen LogP contribution in [0.2, 0.25) is 0 Å². The lowest BCUT2D eigenvalue weighted by Gasteiger charge is -2.28. The molecule has 0 saturated carbocycles. The molecule has 0 bridgehead atoms. The number of fused-ring (bicyclic) bond motifs is 2. The SMILES string of the molecule is Cc1cc(N(c2nc3ccccc3s2)c2c(C)cc(C)c(S(=O)(=O)O)c2C)nc(Nc2c(C)cc(C)c(S(=O)(=O)O)c2C)c1/N=N/c1c(C#N)c(C(C)(C)C)nn1-c1nc2ccc(SOONc3cc(C(=O)O)cc(C(=O)O)c3)cc2s1. The molecule has 0 saturated heterocycles. The van der Waals surface area contributed by atoms with Crippen LogP contribution >= 0.6 is 34.7 Å². The molecule has 0 aliphatic heterocycles. The number of nitriles is 1. The van der Waals surface area contributed by atoms with Crippen LogP contribution in [-0.4, -0.2) is 72.8 Å². The molecule has 0 fully saturated rings. The lowest BCUT2D eigenvalue weighted by Crippen LogP contribution is -2.17. The molecule has 0 aliphatic rings. The largest absolute Gasteiger partial charge is 0.478 e. The van der Waals surface area contributed by atoms with Crippen molar-refractivity contribution in [3.05, 3.63) is 140 Å². The summed E-state index contributed by atoms with van der Waals surface area (Å²) in [6.07, 6.45) is 0. The Labute approximate surface area is 481 Å². The van der Waals surface area contributed by atoms with Crippen LogP contribution in [0.4, 0.5) is 45.3 Å². The quantitative estimate of drug-likeness (QED) is 0.0123. The van der Waals surface area contributed by atoms with Crippen LogP contribution in [-0.2, 0) is 35.0 Å². The lowest BCUT2D eigenvalue weighted by molar-refractivity contribution is -0.161. The van der Waals surface area contributed by atoms with Gasteiger partial charge in [-0.05, 0) is 142 Å². The summed E-state index contributed by atoms with van der Waals surface area (Å²) in [7, 11) is -9.52. The van der Waals surface area contributed by atoms with E-state index in [0.29, 0.717) is 59.4 Å².